The largest absolute Gasteiger partial charge is 0.365 e. The van der Waals surface area contributed by atoms with E-state index in [0.717, 1.165) is 6.42 Å². The zero-order chi connectivity index (χ0) is 22.5. The highest BCUT2D eigenvalue weighted by molar-refractivity contribution is 5.80. The van der Waals surface area contributed by atoms with Gasteiger partial charge >= 0.3 is 0 Å². The molecule has 1 unspecified atom stereocenters. The molecule has 6 nitrogen and oxygen atoms in total. The quantitative estimate of drug-likeness (QED) is 0.411. The van der Waals surface area contributed by atoms with Crippen LogP contribution in [0, 0.1) is 11.6 Å². The Morgan fingerprint density at radius 3 is 2.44 bits per heavy atom. The number of hydrogen-bond donors (Lipinski definition) is 2. The Bertz CT molecular complexity index is 951. The van der Waals surface area contributed by atoms with E-state index in [1.807, 2.05) is 17.0 Å². The van der Waals surface area contributed by atoms with Gasteiger partial charge in [-0.05, 0) is 36.1 Å². The predicted octanol–water partition coefficient (Wildman–Crippen LogP) is 3.03. The molecule has 170 valence electrons. The maximum atomic E-state index is 14.0. The zero-order valence-electron chi connectivity index (χ0n) is 18.3. The molecule has 2 aliphatic rings. The van der Waals surface area contributed by atoms with Crippen molar-refractivity contribution < 1.29 is 13.6 Å². The van der Waals surface area contributed by atoms with Crippen LogP contribution in [0.25, 0.3) is 0 Å². The van der Waals surface area contributed by atoms with Gasteiger partial charge in [0.2, 0.25) is 5.91 Å². The van der Waals surface area contributed by atoms with E-state index in [1.165, 1.54) is 29.3 Å². The van der Waals surface area contributed by atoms with Gasteiger partial charge in [-0.2, -0.15) is 0 Å². The minimum absolute atomic E-state index is 0.0299. The Kier molecular flexibility index (Phi) is 6.87. The van der Waals surface area contributed by atoms with Crippen molar-refractivity contribution >= 4 is 17.6 Å². The first-order valence-corrected chi connectivity index (χ1v) is 11.1. The summed E-state index contributed by atoms with van der Waals surface area (Å²) < 4.78 is 28.1. The number of hydrogen-bond acceptors (Lipinski definition) is 3. The van der Waals surface area contributed by atoms with Crippen LogP contribution >= 0.6 is 0 Å². The minimum Gasteiger partial charge on any atom is -0.365 e. The van der Waals surface area contributed by atoms with Crippen LogP contribution in [-0.2, 0) is 17.9 Å². The molecule has 2 N–H and O–H groups in total. The number of aliphatic imine (C=N–C) groups is 1. The van der Waals surface area contributed by atoms with Crippen LogP contribution < -0.4 is 15.5 Å². The van der Waals surface area contributed by atoms with Gasteiger partial charge in [0.05, 0.1) is 0 Å². The van der Waals surface area contributed by atoms with E-state index in [9.17, 15) is 13.6 Å². The molecule has 0 aromatic heterocycles. The smallest absolute Gasteiger partial charge is 0.223 e. The molecule has 1 amide bonds. The molecule has 2 aromatic carbocycles. The molecule has 32 heavy (non-hydrogen) atoms. The molecule has 1 fully saturated rings. The van der Waals surface area contributed by atoms with Crippen LogP contribution in [0.4, 0.5) is 14.5 Å². The molecule has 0 spiro atoms. The van der Waals surface area contributed by atoms with E-state index in [-0.39, 0.29) is 17.6 Å². The Balaban J connectivity index is 1.19. The molecule has 2 heterocycles. The lowest BCUT2D eigenvalue weighted by Crippen LogP contribution is -2.45. The van der Waals surface area contributed by atoms with E-state index in [0.29, 0.717) is 51.5 Å². The summed E-state index contributed by atoms with van der Waals surface area (Å²) in [5.74, 6) is -0.297. The highest BCUT2D eigenvalue weighted by atomic mass is 19.1. The van der Waals surface area contributed by atoms with Gasteiger partial charge in [0.25, 0.3) is 0 Å². The van der Waals surface area contributed by atoms with Gasteiger partial charge in [0.15, 0.2) is 5.96 Å². The van der Waals surface area contributed by atoms with Gasteiger partial charge in [-0.1, -0.05) is 30.3 Å². The third kappa shape index (κ3) is 5.00. The van der Waals surface area contributed by atoms with Crippen molar-refractivity contribution in [2.24, 2.45) is 4.99 Å². The number of anilines is 1. The number of carbonyl (C=O) groups excluding carboxylic acids is 1. The molecule has 2 aliphatic heterocycles. The molecule has 8 heteroatoms. The standard InChI is InChI=1S/C24H29F2N5O/c1-27-24(29-19-11-13-30(16-19)23-20(25)8-4-9-21(23)26)28-12-5-10-22(32)31-14-17-6-2-3-7-18(17)15-31/h2-4,6-9,19H,5,10-16H2,1H3,(H2,27,28,29). The maximum Gasteiger partial charge on any atom is 0.223 e. The second-order valence-corrected chi connectivity index (χ2v) is 8.27. The fourth-order valence-electron chi connectivity index (χ4n) is 4.37. The molecular formula is C24H29F2N5O. The van der Waals surface area contributed by atoms with E-state index >= 15 is 0 Å². The molecule has 4 rings (SSSR count). The number of amides is 1. The third-order valence-electron chi connectivity index (χ3n) is 6.06. The number of fused-ring (bicyclic) bond motifs is 1. The Labute approximate surface area is 187 Å². The van der Waals surface area contributed by atoms with Crippen LogP contribution in [0.5, 0.6) is 0 Å². The van der Waals surface area contributed by atoms with Crippen LogP contribution in [0.2, 0.25) is 0 Å². The molecular weight excluding hydrogens is 412 g/mol. The normalized spacial score (nSPS) is 18.1. The monoisotopic (exact) mass is 441 g/mol. The summed E-state index contributed by atoms with van der Waals surface area (Å²) in [6, 6.07) is 12.1. The van der Waals surface area contributed by atoms with Gasteiger partial charge in [-0.3, -0.25) is 9.79 Å². The van der Waals surface area contributed by atoms with E-state index < -0.39 is 11.6 Å². The van der Waals surface area contributed by atoms with Crippen molar-refractivity contribution in [1.82, 2.24) is 15.5 Å². The van der Waals surface area contributed by atoms with E-state index in [2.05, 4.69) is 27.8 Å². The number of benzene rings is 2. The number of nitrogens with zero attached hydrogens (tertiary/aromatic N) is 3. The third-order valence-corrected chi connectivity index (χ3v) is 6.06. The van der Waals surface area contributed by atoms with Crippen LogP contribution in [0.3, 0.4) is 0 Å². The Morgan fingerprint density at radius 2 is 1.78 bits per heavy atom. The average molecular weight is 442 g/mol. The number of carbonyl (C=O) groups is 1. The van der Waals surface area contributed by atoms with Crippen molar-refractivity contribution in [2.75, 3.05) is 31.6 Å². The topological polar surface area (TPSA) is 60.0 Å². The van der Waals surface area contributed by atoms with Crippen LogP contribution in [-0.4, -0.2) is 49.5 Å². The van der Waals surface area contributed by atoms with Crippen molar-refractivity contribution in [3.63, 3.8) is 0 Å². The first-order valence-electron chi connectivity index (χ1n) is 11.1. The van der Waals surface area contributed by atoms with Crippen molar-refractivity contribution in [3.8, 4) is 0 Å². The summed E-state index contributed by atoms with van der Waals surface area (Å²) >= 11 is 0. The molecule has 2 aromatic rings. The Morgan fingerprint density at radius 1 is 1.09 bits per heavy atom. The van der Waals surface area contributed by atoms with Crippen molar-refractivity contribution in [3.05, 3.63) is 65.2 Å². The SMILES string of the molecule is CN=C(NCCCC(=O)N1Cc2ccccc2C1)NC1CCN(c2c(F)cccc2F)C1. The number of nitrogens with one attached hydrogen (secondary N) is 2. The van der Waals surface area contributed by atoms with Crippen molar-refractivity contribution in [1.29, 1.82) is 0 Å². The van der Waals surface area contributed by atoms with Crippen LogP contribution in [0.1, 0.15) is 30.4 Å². The average Bonchev–Trinajstić information content (AvgIpc) is 3.42. The fraction of sp³-hybridized carbons (Fsp3) is 0.417. The van der Waals surface area contributed by atoms with E-state index in [1.54, 1.807) is 11.9 Å². The summed E-state index contributed by atoms with van der Waals surface area (Å²) in [4.78, 5) is 20.4. The number of halogens is 2. The van der Waals surface area contributed by atoms with Crippen LogP contribution in [0.15, 0.2) is 47.5 Å². The first-order chi connectivity index (χ1) is 15.5. The van der Waals surface area contributed by atoms with Gasteiger partial charge in [0, 0.05) is 52.2 Å². The number of para-hydroxylation sites is 1. The maximum absolute atomic E-state index is 14.0. The van der Waals surface area contributed by atoms with Crippen molar-refractivity contribution in [2.45, 2.75) is 38.4 Å². The highest BCUT2D eigenvalue weighted by Gasteiger charge is 2.27. The molecule has 0 bridgehead atoms. The molecule has 1 atom stereocenters. The highest BCUT2D eigenvalue weighted by Crippen LogP contribution is 2.27. The molecule has 1 saturated heterocycles. The minimum atomic E-state index is -0.543. The Hall–Kier alpha value is -3.16. The summed E-state index contributed by atoms with van der Waals surface area (Å²) in [6.45, 7) is 3.05. The van der Waals surface area contributed by atoms with E-state index in [4.69, 9.17) is 0 Å². The van der Waals surface area contributed by atoms with Gasteiger partial charge < -0.3 is 20.4 Å². The van der Waals surface area contributed by atoms with Gasteiger partial charge in [-0.15, -0.1) is 0 Å². The molecule has 0 aliphatic carbocycles. The molecule has 0 saturated carbocycles. The summed E-state index contributed by atoms with van der Waals surface area (Å²) in [5.41, 5.74) is 2.48. The number of guanidine groups is 1. The molecule has 0 radical (unpaired) electrons. The second-order valence-electron chi connectivity index (χ2n) is 8.27. The first kappa shape index (κ1) is 22.0. The number of rotatable bonds is 6. The summed E-state index contributed by atoms with van der Waals surface area (Å²) in [5, 5.41) is 6.55. The second kappa shape index (κ2) is 9.97. The summed E-state index contributed by atoms with van der Waals surface area (Å²) in [7, 11) is 1.69. The van der Waals surface area contributed by atoms with Gasteiger partial charge in [-0.25, -0.2) is 8.78 Å². The lowest BCUT2D eigenvalue weighted by Gasteiger charge is -2.21. The predicted molar refractivity (Wildman–Crippen MR) is 121 cm³/mol. The lowest BCUT2D eigenvalue weighted by molar-refractivity contribution is -0.131. The summed E-state index contributed by atoms with van der Waals surface area (Å²) in [6.07, 6.45) is 1.92. The lowest BCUT2D eigenvalue weighted by atomic mass is 10.1. The zero-order valence-corrected chi connectivity index (χ0v) is 18.3. The fourth-order valence-corrected chi connectivity index (χ4v) is 4.37. The van der Waals surface area contributed by atoms with Gasteiger partial charge in [0.1, 0.15) is 17.3 Å².